The van der Waals surface area contributed by atoms with Gasteiger partial charge in [-0.3, -0.25) is 4.79 Å². The van der Waals surface area contributed by atoms with E-state index in [1.807, 2.05) is 0 Å². The minimum atomic E-state index is -0.434. The SMILES string of the molecule is CC(=O)c1c(F)cccc1NC1CCC(C)CC1. The van der Waals surface area contributed by atoms with Crippen LogP contribution in [-0.4, -0.2) is 11.8 Å². The third-order valence-corrected chi connectivity index (χ3v) is 3.74. The standard InChI is InChI=1S/C15H20FNO/c1-10-6-8-12(9-7-10)17-14-5-3-4-13(16)15(14)11(2)18/h3-5,10,12,17H,6-9H2,1-2H3. The number of ketones is 1. The minimum Gasteiger partial charge on any atom is -0.382 e. The second-order valence-corrected chi connectivity index (χ2v) is 5.32. The Hall–Kier alpha value is -1.38. The van der Waals surface area contributed by atoms with E-state index >= 15 is 0 Å². The number of anilines is 1. The zero-order valence-corrected chi connectivity index (χ0v) is 11.0. The molecule has 1 aromatic carbocycles. The molecule has 1 saturated carbocycles. The summed E-state index contributed by atoms with van der Waals surface area (Å²) < 4.78 is 13.7. The molecule has 0 heterocycles. The highest BCUT2D eigenvalue weighted by Crippen LogP contribution is 2.28. The lowest BCUT2D eigenvalue weighted by molar-refractivity contribution is 0.101. The van der Waals surface area contributed by atoms with Crippen molar-refractivity contribution in [3.8, 4) is 0 Å². The zero-order chi connectivity index (χ0) is 13.1. The van der Waals surface area contributed by atoms with Gasteiger partial charge < -0.3 is 5.32 Å². The predicted molar refractivity (Wildman–Crippen MR) is 71.4 cm³/mol. The number of carbonyl (C=O) groups is 1. The van der Waals surface area contributed by atoms with Crippen molar-refractivity contribution in [1.29, 1.82) is 0 Å². The minimum absolute atomic E-state index is 0.191. The fourth-order valence-electron chi connectivity index (χ4n) is 2.63. The first-order valence-corrected chi connectivity index (χ1v) is 6.64. The van der Waals surface area contributed by atoms with Crippen LogP contribution in [-0.2, 0) is 0 Å². The number of Topliss-reactive ketones (excluding diaryl/α,β-unsaturated/α-hetero) is 1. The molecule has 0 aromatic heterocycles. The van der Waals surface area contributed by atoms with Gasteiger partial charge in [-0.05, 0) is 50.7 Å². The summed E-state index contributed by atoms with van der Waals surface area (Å²) in [7, 11) is 0. The fourth-order valence-corrected chi connectivity index (χ4v) is 2.63. The van der Waals surface area contributed by atoms with Crippen molar-refractivity contribution in [2.24, 2.45) is 5.92 Å². The Kier molecular flexibility index (Phi) is 4.00. The maximum absolute atomic E-state index is 13.7. The van der Waals surface area contributed by atoms with Crippen molar-refractivity contribution in [2.45, 2.75) is 45.6 Å². The largest absolute Gasteiger partial charge is 0.382 e. The van der Waals surface area contributed by atoms with E-state index in [-0.39, 0.29) is 11.3 Å². The Balaban J connectivity index is 2.14. The summed E-state index contributed by atoms with van der Waals surface area (Å²) in [6.07, 6.45) is 4.58. The summed E-state index contributed by atoms with van der Waals surface area (Å²) in [6.45, 7) is 3.67. The molecular weight excluding hydrogens is 229 g/mol. The van der Waals surface area contributed by atoms with Crippen LogP contribution in [0.5, 0.6) is 0 Å². The van der Waals surface area contributed by atoms with E-state index in [2.05, 4.69) is 12.2 Å². The first kappa shape index (κ1) is 13.1. The van der Waals surface area contributed by atoms with Crippen molar-refractivity contribution >= 4 is 11.5 Å². The molecule has 1 fully saturated rings. The van der Waals surface area contributed by atoms with Crippen molar-refractivity contribution in [1.82, 2.24) is 0 Å². The van der Waals surface area contributed by atoms with Gasteiger partial charge in [0.1, 0.15) is 5.82 Å². The second kappa shape index (κ2) is 5.51. The molecular formula is C15H20FNO. The van der Waals surface area contributed by atoms with Gasteiger partial charge in [-0.15, -0.1) is 0 Å². The highest BCUT2D eigenvalue weighted by Gasteiger charge is 2.20. The summed E-state index contributed by atoms with van der Waals surface area (Å²) in [4.78, 5) is 11.5. The highest BCUT2D eigenvalue weighted by molar-refractivity contribution is 5.99. The molecule has 1 aliphatic carbocycles. The second-order valence-electron chi connectivity index (χ2n) is 5.32. The van der Waals surface area contributed by atoms with Gasteiger partial charge in [-0.1, -0.05) is 13.0 Å². The summed E-state index contributed by atoms with van der Waals surface area (Å²) in [5.41, 5.74) is 0.832. The molecule has 0 bridgehead atoms. The van der Waals surface area contributed by atoms with E-state index in [1.54, 1.807) is 12.1 Å². The molecule has 2 rings (SSSR count). The molecule has 0 unspecified atom stereocenters. The summed E-state index contributed by atoms with van der Waals surface area (Å²) in [5, 5.41) is 3.33. The third-order valence-electron chi connectivity index (χ3n) is 3.74. The van der Waals surface area contributed by atoms with Crippen LogP contribution in [0.25, 0.3) is 0 Å². The number of carbonyl (C=O) groups excluding carboxylic acids is 1. The number of nitrogens with one attached hydrogen (secondary N) is 1. The lowest BCUT2D eigenvalue weighted by Gasteiger charge is -2.28. The van der Waals surface area contributed by atoms with E-state index in [9.17, 15) is 9.18 Å². The van der Waals surface area contributed by atoms with Crippen LogP contribution in [0.4, 0.5) is 10.1 Å². The van der Waals surface area contributed by atoms with Gasteiger partial charge in [0.15, 0.2) is 5.78 Å². The van der Waals surface area contributed by atoms with Gasteiger partial charge in [0.2, 0.25) is 0 Å². The molecule has 0 spiro atoms. The van der Waals surface area contributed by atoms with E-state index in [0.29, 0.717) is 11.7 Å². The number of hydrogen-bond donors (Lipinski definition) is 1. The molecule has 1 N–H and O–H groups in total. The van der Waals surface area contributed by atoms with Gasteiger partial charge in [-0.2, -0.15) is 0 Å². The van der Waals surface area contributed by atoms with E-state index in [4.69, 9.17) is 0 Å². The van der Waals surface area contributed by atoms with Gasteiger partial charge in [0.05, 0.1) is 5.56 Å². The van der Waals surface area contributed by atoms with Crippen LogP contribution in [0, 0.1) is 11.7 Å². The van der Waals surface area contributed by atoms with Crippen LogP contribution in [0.2, 0.25) is 0 Å². The highest BCUT2D eigenvalue weighted by atomic mass is 19.1. The lowest BCUT2D eigenvalue weighted by Crippen LogP contribution is -2.26. The van der Waals surface area contributed by atoms with Crippen LogP contribution < -0.4 is 5.32 Å². The average Bonchev–Trinajstić information content (AvgIpc) is 2.32. The number of hydrogen-bond acceptors (Lipinski definition) is 2. The molecule has 2 nitrogen and oxygen atoms in total. The van der Waals surface area contributed by atoms with Gasteiger partial charge in [-0.25, -0.2) is 4.39 Å². The predicted octanol–water partition coefficient (Wildman–Crippen LogP) is 4.02. The van der Waals surface area contributed by atoms with Crippen molar-refractivity contribution in [3.05, 3.63) is 29.6 Å². The maximum Gasteiger partial charge on any atom is 0.164 e. The van der Waals surface area contributed by atoms with Crippen LogP contribution in [0.3, 0.4) is 0 Å². The molecule has 1 aromatic rings. The molecule has 0 saturated heterocycles. The topological polar surface area (TPSA) is 29.1 Å². The molecule has 1 aliphatic rings. The van der Waals surface area contributed by atoms with Crippen molar-refractivity contribution in [2.75, 3.05) is 5.32 Å². The monoisotopic (exact) mass is 249 g/mol. The normalized spacial score (nSPS) is 23.7. The van der Waals surface area contributed by atoms with Crippen LogP contribution in [0.15, 0.2) is 18.2 Å². The summed E-state index contributed by atoms with van der Waals surface area (Å²) in [6, 6.07) is 5.14. The Bertz CT molecular complexity index is 436. The third kappa shape index (κ3) is 2.89. The Morgan fingerprint density at radius 2 is 1.94 bits per heavy atom. The molecule has 98 valence electrons. The molecule has 0 atom stereocenters. The van der Waals surface area contributed by atoms with Gasteiger partial charge in [0, 0.05) is 11.7 Å². The first-order chi connectivity index (χ1) is 8.58. The van der Waals surface area contributed by atoms with Crippen molar-refractivity contribution in [3.63, 3.8) is 0 Å². The first-order valence-electron chi connectivity index (χ1n) is 6.64. The van der Waals surface area contributed by atoms with E-state index in [1.165, 1.54) is 25.8 Å². The van der Waals surface area contributed by atoms with Crippen LogP contribution in [0.1, 0.15) is 49.9 Å². The zero-order valence-electron chi connectivity index (χ0n) is 11.0. The van der Waals surface area contributed by atoms with Crippen LogP contribution >= 0.6 is 0 Å². The Morgan fingerprint density at radius 1 is 1.28 bits per heavy atom. The lowest BCUT2D eigenvalue weighted by atomic mass is 9.87. The molecule has 0 amide bonds. The van der Waals surface area contributed by atoms with Gasteiger partial charge in [0.25, 0.3) is 0 Å². The molecule has 3 heteroatoms. The van der Waals surface area contributed by atoms with Crippen molar-refractivity contribution < 1.29 is 9.18 Å². The quantitative estimate of drug-likeness (QED) is 0.820. The maximum atomic E-state index is 13.7. The Morgan fingerprint density at radius 3 is 2.56 bits per heavy atom. The number of halogens is 1. The van der Waals surface area contributed by atoms with E-state index < -0.39 is 5.82 Å². The smallest absolute Gasteiger partial charge is 0.164 e. The molecule has 18 heavy (non-hydrogen) atoms. The molecule has 0 aliphatic heterocycles. The Labute approximate surface area is 108 Å². The average molecular weight is 249 g/mol. The number of rotatable bonds is 3. The van der Waals surface area contributed by atoms with E-state index in [0.717, 1.165) is 18.8 Å². The van der Waals surface area contributed by atoms with Gasteiger partial charge >= 0.3 is 0 Å². The fraction of sp³-hybridized carbons (Fsp3) is 0.533. The summed E-state index contributed by atoms with van der Waals surface area (Å²) in [5.74, 6) is 0.124. The molecule has 0 radical (unpaired) electrons. The summed E-state index contributed by atoms with van der Waals surface area (Å²) >= 11 is 0. The number of benzene rings is 1.